The summed E-state index contributed by atoms with van der Waals surface area (Å²) in [7, 11) is 0. The third-order valence-corrected chi connectivity index (χ3v) is 4.34. The highest BCUT2D eigenvalue weighted by molar-refractivity contribution is 5.61. The van der Waals surface area contributed by atoms with Crippen molar-refractivity contribution < 1.29 is 4.74 Å². The summed E-state index contributed by atoms with van der Waals surface area (Å²) in [5, 5.41) is 6.86. The first-order valence-electron chi connectivity index (χ1n) is 8.65. The molecular formula is C21H20N4O. The van der Waals surface area contributed by atoms with Gasteiger partial charge < -0.3 is 9.30 Å². The monoisotopic (exact) mass is 344 g/mol. The third kappa shape index (κ3) is 3.83. The zero-order chi connectivity index (χ0) is 17.6. The van der Waals surface area contributed by atoms with Gasteiger partial charge in [-0.05, 0) is 23.3 Å². The Hall–Kier alpha value is -3.34. The molecule has 0 aliphatic heterocycles. The molecule has 0 saturated heterocycles. The molecule has 2 aromatic heterocycles. The van der Waals surface area contributed by atoms with Crippen LogP contribution in [0.2, 0.25) is 0 Å². The maximum Gasteiger partial charge on any atom is 0.125 e. The molecular weight excluding hydrogens is 324 g/mol. The van der Waals surface area contributed by atoms with Crippen LogP contribution in [0.1, 0.15) is 18.1 Å². The van der Waals surface area contributed by atoms with E-state index < -0.39 is 0 Å². The van der Waals surface area contributed by atoms with Crippen LogP contribution < -0.4 is 4.74 Å². The molecule has 0 fully saturated rings. The first-order chi connectivity index (χ1) is 12.9. The minimum atomic E-state index is -0.0294. The fraction of sp³-hybridized carbons (Fsp3) is 0.143. The minimum Gasteiger partial charge on any atom is -0.486 e. The fourth-order valence-electron chi connectivity index (χ4n) is 2.94. The summed E-state index contributed by atoms with van der Waals surface area (Å²) in [6.07, 6.45) is 10.2. The van der Waals surface area contributed by atoms with Gasteiger partial charge in [0.1, 0.15) is 11.9 Å². The largest absolute Gasteiger partial charge is 0.486 e. The van der Waals surface area contributed by atoms with E-state index in [9.17, 15) is 0 Å². The van der Waals surface area contributed by atoms with Gasteiger partial charge >= 0.3 is 0 Å². The molecule has 5 heteroatoms. The van der Waals surface area contributed by atoms with E-state index in [2.05, 4.69) is 44.0 Å². The lowest BCUT2D eigenvalue weighted by Crippen LogP contribution is -2.11. The highest BCUT2D eigenvalue weighted by atomic mass is 16.5. The second-order valence-electron chi connectivity index (χ2n) is 6.12. The molecule has 0 bridgehead atoms. The normalized spacial score (nSPS) is 12.0. The van der Waals surface area contributed by atoms with Crippen molar-refractivity contribution in [2.24, 2.45) is 0 Å². The highest BCUT2D eigenvalue weighted by Gasteiger charge is 2.14. The maximum atomic E-state index is 6.28. The summed E-state index contributed by atoms with van der Waals surface area (Å²) < 4.78 is 8.35. The topological polar surface area (TPSA) is 55.7 Å². The fourth-order valence-corrected chi connectivity index (χ4v) is 2.94. The van der Waals surface area contributed by atoms with Crippen LogP contribution in [0.25, 0.3) is 11.1 Å². The zero-order valence-electron chi connectivity index (χ0n) is 14.3. The van der Waals surface area contributed by atoms with Crippen LogP contribution in [0.4, 0.5) is 0 Å². The van der Waals surface area contributed by atoms with Gasteiger partial charge in [0.2, 0.25) is 0 Å². The number of H-pyrrole nitrogens is 1. The van der Waals surface area contributed by atoms with E-state index in [1.807, 2.05) is 55.2 Å². The van der Waals surface area contributed by atoms with Crippen LogP contribution in [-0.2, 0) is 6.54 Å². The van der Waals surface area contributed by atoms with E-state index in [1.54, 1.807) is 6.20 Å². The summed E-state index contributed by atoms with van der Waals surface area (Å²) in [4.78, 5) is 4.11. The number of imidazole rings is 1. The smallest absolute Gasteiger partial charge is 0.125 e. The summed E-state index contributed by atoms with van der Waals surface area (Å²) in [5.41, 5.74) is 3.37. The Kier molecular flexibility index (Phi) is 4.78. The quantitative estimate of drug-likeness (QED) is 0.538. The van der Waals surface area contributed by atoms with Crippen molar-refractivity contribution in [3.05, 3.63) is 91.3 Å². The highest BCUT2D eigenvalue weighted by Crippen LogP contribution is 2.27. The number of para-hydroxylation sites is 1. The SMILES string of the molecule is c1ccc(OC(CCn2ccnc2)c2ccc(-c3cn[nH]c3)cc2)cc1. The van der Waals surface area contributed by atoms with Crippen LogP contribution in [-0.4, -0.2) is 19.7 Å². The van der Waals surface area contributed by atoms with Gasteiger partial charge in [0.15, 0.2) is 0 Å². The number of aryl methyl sites for hydroxylation is 1. The molecule has 130 valence electrons. The van der Waals surface area contributed by atoms with E-state index in [0.29, 0.717) is 0 Å². The standard InChI is InChI=1S/C21H20N4O/c1-2-4-20(5-3-1)26-21(10-12-25-13-11-22-16-25)18-8-6-17(7-9-18)19-14-23-24-15-19/h1-9,11,13-16,21H,10,12H2,(H,23,24). The van der Waals surface area contributed by atoms with Gasteiger partial charge in [-0.15, -0.1) is 0 Å². The van der Waals surface area contributed by atoms with Gasteiger partial charge in [-0.2, -0.15) is 5.10 Å². The molecule has 2 aromatic carbocycles. The Morgan fingerprint density at radius 1 is 1.00 bits per heavy atom. The first-order valence-corrected chi connectivity index (χ1v) is 8.65. The molecule has 0 aliphatic carbocycles. The van der Waals surface area contributed by atoms with Gasteiger partial charge in [0.25, 0.3) is 0 Å². The van der Waals surface area contributed by atoms with Gasteiger partial charge in [-0.3, -0.25) is 5.10 Å². The summed E-state index contributed by atoms with van der Waals surface area (Å²) in [5.74, 6) is 0.877. The molecule has 1 atom stereocenters. The van der Waals surface area contributed by atoms with Crippen LogP contribution in [0.5, 0.6) is 5.75 Å². The Morgan fingerprint density at radius 2 is 1.85 bits per heavy atom. The molecule has 4 rings (SSSR count). The van der Waals surface area contributed by atoms with Gasteiger partial charge in [0.05, 0.1) is 12.5 Å². The molecule has 0 spiro atoms. The lowest BCUT2D eigenvalue weighted by Gasteiger charge is -2.20. The molecule has 0 aliphatic rings. The van der Waals surface area contributed by atoms with Crippen molar-refractivity contribution in [1.82, 2.24) is 19.7 Å². The second kappa shape index (κ2) is 7.70. The lowest BCUT2D eigenvalue weighted by atomic mass is 10.0. The summed E-state index contributed by atoms with van der Waals surface area (Å²) >= 11 is 0. The number of rotatable bonds is 7. The molecule has 0 saturated carbocycles. The van der Waals surface area contributed by atoms with E-state index in [1.165, 1.54) is 0 Å². The van der Waals surface area contributed by atoms with Crippen molar-refractivity contribution in [1.29, 1.82) is 0 Å². The number of hydrogen-bond acceptors (Lipinski definition) is 3. The number of hydrogen-bond donors (Lipinski definition) is 1. The van der Waals surface area contributed by atoms with Crippen molar-refractivity contribution in [3.63, 3.8) is 0 Å². The molecule has 1 unspecified atom stereocenters. The molecule has 0 amide bonds. The average Bonchev–Trinajstić information content (AvgIpc) is 3.40. The van der Waals surface area contributed by atoms with Crippen LogP contribution >= 0.6 is 0 Å². The number of nitrogens with one attached hydrogen (secondary N) is 1. The Bertz CT molecular complexity index is 901. The molecule has 26 heavy (non-hydrogen) atoms. The molecule has 0 radical (unpaired) electrons. The van der Waals surface area contributed by atoms with Gasteiger partial charge in [-0.25, -0.2) is 4.98 Å². The zero-order valence-corrected chi connectivity index (χ0v) is 14.3. The molecule has 5 nitrogen and oxygen atoms in total. The van der Waals surface area contributed by atoms with Crippen LogP contribution in [0, 0.1) is 0 Å². The van der Waals surface area contributed by atoms with Gasteiger partial charge in [0, 0.05) is 37.1 Å². The summed E-state index contributed by atoms with van der Waals surface area (Å²) in [6.45, 7) is 0.848. The van der Waals surface area contributed by atoms with E-state index >= 15 is 0 Å². The van der Waals surface area contributed by atoms with Crippen molar-refractivity contribution in [2.45, 2.75) is 19.1 Å². The van der Waals surface area contributed by atoms with Crippen molar-refractivity contribution in [3.8, 4) is 16.9 Å². The minimum absolute atomic E-state index is 0.0294. The number of aromatic nitrogens is 4. The number of nitrogens with zero attached hydrogens (tertiary/aromatic N) is 3. The average molecular weight is 344 g/mol. The lowest BCUT2D eigenvalue weighted by molar-refractivity contribution is 0.188. The Balaban J connectivity index is 1.54. The van der Waals surface area contributed by atoms with E-state index in [-0.39, 0.29) is 6.10 Å². The van der Waals surface area contributed by atoms with E-state index in [4.69, 9.17) is 4.74 Å². The molecule has 2 heterocycles. The molecule has 1 N–H and O–H groups in total. The predicted molar refractivity (Wildman–Crippen MR) is 101 cm³/mol. The molecule has 4 aromatic rings. The number of ether oxygens (including phenoxy) is 1. The predicted octanol–water partition coefficient (Wildman–Crippen LogP) is 4.48. The van der Waals surface area contributed by atoms with Crippen LogP contribution in [0.15, 0.2) is 85.7 Å². The number of benzene rings is 2. The second-order valence-corrected chi connectivity index (χ2v) is 6.12. The van der Waals surface area contributed by atoms with Gasteiger partial charge in [-0.1, -0.05) is 42.5 Å². The summed E-state index contributed by atoms with van der Waals surface area (Å²) in [6, 6.07) is 18.4. The van der Waals surface area contributed by atoms with Crippen molar-refractivity contribution >= 4 is 0 Å². The van der Waals surface area contributed by atoms with E-state index in [0.717, 1.165) is 35.4 Å². The first kappa shape index (κ1) is 16.1. The Labute approximate surface area is 152 Å². The number of aromatic amines is 1. The van der Waals surface area contributed by atoms with Crippen molar-refractivity contribution in [2.75, 3.05) is 0 Å². The third-order valence-electron chi connectivity index (χ3n) is 4.34. The van der Waals surface area contributed by atoms with Crippen LogP contribution in [0.3, 0.4) is 0 Å². The Morgan fingerprint density at radius 3 is 2.54 bits per heavy atom. The maximum absolute atomic E-state index is 6.28.